The summed E-state index contributed by atoms with van der Waals surface area (Å²) in [7, 11) is 0. The second-order valence-electron chi connectivity index (χ2n) is 5.38. The third-order valence-corrected chi connectivity index (χ3v) is 6.31. The topological polar surface area (TPSA) is 64.3 Å². The Labute approximate surface area is 120 Å². The Bertz CT molecular complexity index is 549. The number of thiophene rings is 1. The Hall–Kier alpha value is -1.03. The van der Waals surface area contributed by atoms with Crippen LogP contribution in [0.5, 0.6) is 0 Å². The van der Waals surface area contributed by atoms with Crippen LogP contribution < -0.4 is 0 Å². The lowest BCUT2D eigenvalue weighted by atomic mass is 9.88. The smallest absolute Gasteiger partial charge is 0.233 e. The van der Waals surface area contributed by atoms with Crippen molar-refractivity contribution in [1.29, 1.82) is 5.26 Å². The molecule has 4 atom stereocenters. The number of thioether (sulfide) groups is 1. The molecule has 1 aromatic rings. The zero-order chi connectivity index (χ0) is 13.8. The van der Waals surface area contributed by atoms with Crippen molar-refractivity contribution in [2.75, 3.05) is 0 Å². The average Bonchev–Trinajstić information content (AvgIpc) is 2.94. The van der Waals surface area contributed by atoms with Gasteiger partial charge in [0.1, 0.15) is 12.1 Å². The van der Waals surface area contributed by atoms with Crippen molar-refractivity contribution in [1.82, 2.24) is 4.90 Å². The van der Waals surface area contributed by atoms with Crippen molar-refractivity contribution in [3.05, 3.63) is 22.4 Å². The summed E-state index contributed by atoms with van der Waals surface area (Å²) in [5.41, 5.74) is 0. The molecule has 6 heteroatoms. The average molecular weight is 294 g/mol. The van der Waals surface area contributed by atoms with E-state index in [1.54, 1.807) is 16.7 Å². The molecule has 0 radical (unpaired) electrons. The molecule has 1 aromatic heterocycles. The summed E-state index contributed by atoms with van der Waals surface area (Å²) >= 11 is 3.07. The van der Waals surface area contributed by atoms with Crippen LogP contribution in [0.15, 0.2) is 17.5 Å². The van der Waals surface area contributed by atoms with Gasteiger partial charge in [-0.25, -0.2) is 0 Å². The normalized spacial score (nSPS) is 33.5. The first kappa shape index (κ1) is 13.0. The first-order valence-corrected chi connectivity index (χ1v) is 7.84. The number of nitriles is 1. The van der Waals surface area contributed by atoms with Crippen LogP contribution in [0.3, 0.4) is 0 Å². The maximum Gasteiger partial charge on any atom is 0.233 e. The van der Waals surface area contributed by atoms with Gasteiger partial charge in [-0.15, -0.1) is 23.1 Å². The summed E-state index contributed by atoms with van der Waals surface area (Å²) in [6.07, 6.45) is -0.755. The van der Waals surface area contributed by atoms with Crippen molar-refractivity contribution in [3.8, 4) is 6.07 Å². The van der Waals surface area contributed by atoms with Gasteiger partial charge in [-0.05, 0) is 25.3 Å². The molecule has 2 fully saturated rings. The lowest BCUT2D eigenvalue weighted by molar-refractivity contribution is -0.158. The van der Waals surface area contributed by atoms with Crippen molar-refractivity contribution < 1.29 is 9.90 Å². The highest BCUT2D eigenvalue weighted by Crippen LogP contribution is 2.55. The molecule has 2 saturated heterocycles. The van der Waals surface area contributed by atoms with E-state index in [2.05, 4.69) is 6.07 Å². The van der Waals surface area contributed by atoms with Gasteiger partial charge in [0.25, 0.3) is 0 Å². The lowest BCUT2D eigenvalue weighted by Gasteiger charge is -2.44. The van der Waals surface area contributed by atoms with Crippen LogP contribution in [0, 0.1) is 17.2 Å². The standard InChI is InChI=1S/C13H14N2O2S2/c1-13(2)8(6-14)15-11(17)9(12(15)19-13)10(16)7-4-3-5-18-7/h3-5,8-10,12,16H,1-2H3/t8-,9+,10?,12+/m0/s1. The molecule has 3 heterocycles. The van der Waals surface area contributed by atoms with E-state index < -0.39 is 18.1 Å². The van der Waals surface area contributed by atoms with Gasteiger partial charge in [-0.1, -0.05) is 6.07 Å². The van der Waals surface area contributed by atoms with Gasteiger partial charge in [0, 0.05) is 9.62 Å². The molecule has 0 bridgehead atoms. The third-order valence-electron chi connectivity index (χ3n) is 3.78. The summed E-state index contributed by atoms with van der Waals surface area (Å²) in [6.45, 7) is 3.96. The number of carbonyl (C=O) groups excluding carboxylic acids is 1. The number of rotatable bonds is 2. The molecular formula is C13H14N2O2S2. The maximum absolute atomic E-state index is 12.2. The Morgan fingerprint density at radius 1 is 1.58 bits per heavy atom. The number of amides is 1. The molecule has 4 nitrogen and oxygen atoms in total. The van der Waals surface area contributed by atoms with Gasteiger partial charge in [0.15, 0.2) is 0 Å². The number of fused-ring (bicyclic) bond motifs is 1. The fourth-order valence-corrected chi connectivity index (χ4v) is 5.20. The van der Waals surface area contributed by atoms with Crippen molar-refractivity contribution in [2.24, 2.45) is 5.92 Å². The predicted molar refractivity (Wildman–Crippen MR) is 74.5 cm³/mol. The Balaban J connectivity index is 1.86. The molecule has 1 N–H and O–H groups in total. The molecule has 0 aromatic carbocycles. The van der Waals surface area contributed by atoms with E-state index >= 15 is 0 Å². The summed E-state index contributed by atoms with van der Waals surface area (Å²) in [5, 5.41) is 21.4. The number of β-lactam (4-membered cyclic amide) rings is 1. The molecule has 2 aliphatic heterocycles. The van der Waals surface area contributed by atoms with Gasteiger partial charge < -0.3 is 10.0 Å². The number of nitrogens with zero attached hydrogens (tertiary/aromatic N) is 2. The second-order valence-corrected chi connectivity index (χ2v) is 8.13. The van der Waals surface area contributed by atoms with E-state index in [1.165, 1.54) is 11.3 Å². The van der Waals surface area contributed by atoms with Gasteiger partial charge >= 0.3 is 0 Å². The Kier molecular flexibility index (Phi) is 2.89. The zero-order valence-electron chi connectivity index (χ0n) is 10.6. The molecule has 0 saturated carbocycles. The monoisotopic (exact) mass is 294 g/mol. The van der Waals surface area contributed by atoms with E-state index in [0.717, 1.165) is 4.88 Å². The number of carbonyl (C=O) groups is 1. The predicted octanol–water partition coefficient (Wildman–Crippen LogP) is 1.98. The lowest BCUT2D eigenvalue weighted by Crippen LogP contribution is -2.61. The minimum atomic E-state index is -0.755. The van der Waals surface area contributed by atoms with E-state index in [1.807, 2.05) is 31.4 Å². The van der Waals surface area contributed by atoms with Crippen molar-refractivity contribution in [2.45, 2.75) is 36.1 Å². The number of aliphatic hydroxyl groups is 1. The highest BCUT2D eigenvalue weighted by atomic mass is 32.2. The quantitative estimate of drug-likeness (QED) is 0.847. The summed E-state index contributed by atoms with van der Waals surface area (Å²) < 4.78 is -0.279. The summed E-state index contributed by atoms with van der Waals surface area (Å²) in [6, 6.07) is 5.53. The highest BCUT2D eigenvalue weighted by Gasteiger charge is 2.63. The molecule has 3 rings (SSSR count). The molecule has 0 spiro atoms. The van der Waals surface area contributed by atoms with E-state index in [-0.39, 0.29) is 16.0 Å². The first-order valence-electron chi connectivity index (χ1n) is 6.08. The van der Waals surface area contributed by atoms with Gasteiger partial charge in [-0.2, -0.15) is 5.26 Å². The minimum absolute atomic E-state index is 0.0794. The van der Waals surface area contributed by atoms with Crippen molar-refractivity contribution in [3.63, 3.8) is 0 Å². The third kappa shape index (κ3) is 1.72. The molecule has 0 aliphatic carbocycles. The van der Waals surface area contributed by atoms with Gasteiger partial charge in [-0.3, -0.25) is 4.79 Å². The summed E-state index contributed by atoms with van der Waals surface area (Å²) in [4.78, 5) is 14.7. The second kappa shape index (κ2) is 4.23. The Morgan fingerprint density at radius 2 is 2.32 bits per heavy atom. The molecular weight excluding hydrogens is 280 g/mol. The van der Waals surface area contributed by atoms with Crippen LogP contribution >= 0.6 is 23.1 Å². The highest BCUT2D eigenvalue weighted by molar-refractivity contribution is 8.01. The zero-order valence-corrected chi connectivity index (χ0v) is 12.2. The first-order chi connectivity index (χ1) is 8.97. The number of hydrogen-bond acceptors (Lipinski definition) is 5. The minimum Gasteiger partial charge on any atom is -0.387 e. The van der Waals surface area contributed by atoms with Gasteiger partial charge in [0.05, 0.1) is 17.4 Å². The van der Waals surface area contributed by atoms with Crippen LogP contribution in [0.2, 0.25) is 0 Å². The summed E-state index contributed by atoms with van der Waals surface area (Å²) in [5.74, 6) is -0.517. The molecule has 1 unspecified atom stereocenters. The largest absolute Gasteiger partial charge is 0.387 e. The SMILES string of the molecule is CC1(C)S[C@@H]2[C@H](C(O)c3cccs3)C(=O)N2[C@H]1C#N. The maximum atomic E-state index is 12.2. The number of aliphatic hydroxyl groups excluding tert-OH is 1. The van der Waals surface area contributed by atoms with Crippen LogP contribution in [0.4, 0.5) is 0 Å². The molecule has 100 valence electrons. The fourth-order valence-electron chi connectivity index (χ4n) is 2.77. The number of hydrogen-bond donors (Lipinski definition) is 1. The fraction of sp³-hybridized carbons (Fsp3) is 0.538. The Morgan fingerprint density at radius 3 is 2.89 bits per heavy atom. The molecule has 19 heavy (non-hydrogen) atoms. The molecule has 1 amide bonds. The van der Waals surface area contributed by atoms with Gasteiger partial charge in [0.2, 0.25) is 5.91 Å². The van der Waals surface area contributed by atoms with Crippen LogP contribution in [0.1, 0.15) is 24.8 Å². The van der Waals surface area contributed by atoms with E-state index in [9.17, 15) is 15.2 Å². The van der Waals surface area contributed by atoms with Crippen LogP contribution in [-0.2, 0) is 4.79 Å². The van der Waals surface area contributed by atoms with Crippen LogP contribution in [-0.4, -0.2) is 32.1 Å². The van der Waals surface area contributed by atoms with E-state index in [4.69, 9.17) is 0 Å². The molecule has 2 aliphatic rings. The van der Waals surface area contributed by atoms with Crippen molar-refractivity contribution >= 4 is 29.0 Å². The van der Waals surface area contributed by atoms with Crippen LogP contribution in [0.25, 0.3) is 0 Å². The van der Waals surface area contributed by atoms with E-state index in [0.29, 0.717) is 0 Å².